The predicted molar refractivity (Wildman–Crippen MR) is 81.1 cm³/mol. The standard InChI is InChI=1S/C14H18F5NO5Si/c1-22-26(23-2,24-3)7-5-4-6-20-14(21)25-13-11(18)9(16)8(15)10(17)12(13)19/h4-7H2,1-3H3,(H,20,21). The Morgan fingerprint density at radius 1 is 0.846 bits per heavy atom. The third-order valence-corrected chi connectivity index (χ3v) is 6.31. The van der Waals surface area contributed by atoms with Crippen molar-refractivity contribution in [2.45, 2.75) is 18.9 Å². The molecule has 0 aromatic heterocycles. The molecule has 6 nitrogen and oxygen atoms in total. The molecule has 0 aliphatic heterocycles. The van der Waals surface area contributed by atoms with Crippen molar-refractivity contribution in [1.82, 2.24) is 5.32 Å². The van der Waals surface area contributed by atoms with Crippen LogP contribution >= 0.6 is 0 Å². The van der Waals surface area contributed by atoms with Gasteiger partial charge in [-0.1, -0.05) is 0 Å². The molecule has 1 rings (SSSR count). The highest BCUT2D eigenvalue weighted by atomic mass is 28.4. The van der Waals surface area contributed by atoms with E-state index in [0.717, 1.165) is 0 Å². The maximum atomic E-state index is 13.4. The van der Waals surface area contributed by atoms with Gasteiger partial charge in [0.05, 0.1) is 0 Å². The van der Waals surface area contributed by atoms with Crippen LogP contribution in [0.25, 0.3) is 0 Å². The first-order chi connectivity index (χ1) is 12.2. The average Bonchev–Trinajstić information content (AvgIpc) is 2.65. The van der Waals surface area contributed by atoms with E-state index in [1.807, 2.05) is 0 Å². The minimum absolute atomic E-state index is 0.0237. The van der Waals surface area contributed by atoms with Crippen LogP contribution in [0.4, 0.5) is 26.7 Å². The number of unbranched alkanes of at least 4 members (excludes halogenated alkanes) is 1. The van der Waals surface area contributed by atoms with Crippen LogP contribution in [0.2, 0.25) is 6.04 Å². The van der Waals surface area contributed by atoms with Gasteiger partial charge in [-0.3, -0.25) is 0 Å². The second-order valence-corrected chi connectivity index (χ2v) is 8.06. The number of amides is 1. The van der Waals surface area contributed by atoms with E-state index in [2.05, 4.69) is 10.1 Å². The molecule has 0 saturated carbocycles. The van der Waals surface area contributed by atoms with Gasteiger partial charge >= 0.3 is 14.9 Å². The van der Waals surface area contributed by atoms with E-state index in [4.69, 9.17) is 13.3 Å². The quantitative estimate of drug-likeness (QED) is 0.226. The van der Waals surface area contributed by atoms with Gasteiger partial charge in [-0.15, -0.1) is 0 Å². The Labute approximate surface area is 147 Å². The SMILES string of the molecule is CO[Si](CCCCNC(=O)Oc1c(F)c(F)c(F)c(F)c1F)(OC)OC. The first-order valence-corrected chi connectivity index (χ1v) is 9.28. The zero-order valence-corrected chi connectivity index (χ0v) is 15.3. The fraction of sp³-hybridized carbons (Fsp3) is 0.500. The number of benzene rings is 1. The number of hydrogen-bond donors (Lipinski definition) is 1. The van der Waals surface area contributed by atoms with E-state index in [1.54, 1.807) is 0 Å². The third-order valence-electron chi connectivity index (χ3n) is 3.48. The maximum absolute atomic E-state index is 13.4. The molecule has 148 valence electrons. The first-order valence-electron chi connectivity index (χ1n) is 7.35. The molecule has 26 heavy (non-hydrogen) atoms. The molecular weight excluding hydrogens is 385 g/mol. The van der Waals surface area contributed by atoms with E-state index in [-0.39, 0.29) is 6.54 Å². The third kappa shape index (κ3) is 5.12. The Morgan fingerprint density at radius 3 is 1.77 bits per heavy atom. The molecule has 0 atom stereocenters. The monoisotopic (exact) mass is 403 g/mol. The van der Waals surface area contributed by atoms with E-state index in [9.17, 15) is 26.7 Å². The van der Waals surface area contributed by atoms with Gasteiger partial charge in [0.15, 0.2) is 0 Å². The minimum Gasteiger partial charge on any atom is -0.404 e. The molecule has 12 heteroatoms. The van der Waals surface area contributed by atoms with Crippen LogP contribution in [-0.2, 0) is 13.3 Å². The summed E-state index contributed by atoms with van der Waals surface area (Å²) in [7, 11) is 1.58. The zero-order valence-electron chi connectivity index (χ0n) is 14.3. The van der Waals surface area contributed by atoms with Gasteiger partial charge in [-0.05, 0) is 12.8 Å². The molecule has 1 amide bonds. The summed E-state index contributed by atoms with van der Waals surface area (Å²) in [4.78, 5) is 11.5. The zero-order chi connectivity index (χ0) is 19.9. The van der Waals surface area contributed by atoms with E-state index >= 15 is 0 Å². The predicted octanol–water partition coefficient (Wildman–Crippen LogP) is 3.13. The second kappa shape index (κ2) is 9.80. The van der Waals surface area contributed by atoms with Crippen LogP contribution in [0.15, 0.2) is 0 Å². The van der Waals surface area contributed by atoms with Gasteiger partial charge in [0.1, 0.15) is 0 Å². The molecule has 0 heterocycles. The normalized spacial score (nSPS) is 11.5. The van der Waals surface area contributed by atoms with E-state index < -0.39 is 49.7 Å². The number of halogens is 5. The number of hydrogen-bond acceptors (Lipinski definition) is 5. The summed E-state index contributed by atoms with van der Waals surface area (Å²) >= 11 is 0. The summed E-state index contributed by atoms with van der Waals surface area (Å²) in [5, 5.41) is 2.14. The number of nitrogens with one attached hydrogen (secondary N) is 1. The molecule has 0 aliphatic rings. The summed E-state index contributed by atoms with van der Waals surface area (Å²) in [6, 6.07) is 0.449. The first kappa shape index (κ1) is 22.3. The summed E-state index contributed by atoms with van der Waals surface area (Å²) in [6.07, 6.45) is -0.441. The Morgan fingerprint density at radius 2 is 1.31 bits per heavy atom. The number of rotatable bonds is 9. The van der Waals surface area contributed by atoms with Crippen molar-refractivity contribution in [3.05, 3.63) is 29.1 Å². The van der Waals surface area contributed by atoms with Gasteiger partial charge in [0.2, 0.25) is 34.8 Å². The lowest BCUT2D eigenvalue weighted by Gasteiger charge is -2.24. The Balaban J connectivity index is 2.54. The van der Waals surface area contributed by atoms with Crippen molar-refractivity contribution in [2.24, 2.45) is 0 Å². The van der Waals surface area contributed by atoms with E-state index in [1.165, 1.54) is 21.3 Å². The molecule has 0 spiro atoms. The number of carbonyl (C=O) groups excluding carboxylic acids is 1. The van der Waals surface area contributed by atoms with Gasteiger partial charge < -0.3 is 23.3 Å². The molecule has 0 fully saturated rings. The highest BCUT2D eigenvalue weighted by Gasteiger charge is 2.36. The summed E-state index contributed by atoms with van der Waals surface area (Å²) in [5.41, 5.74) is 0. The minimum atomic E-state index is -2.75. The Kier molecular flexibility index (Phi) is 8.40. The molecular formula is C14H18F5NO5Si. The Hall–Kier alpha value is -1.76. The molecule has 1 aromatic carbocycles. The smallest absolute Gasteiger partial charge is 0.404 e. The second-order valence-electron chi connectivity index (χ2n) is 4.97. The summed E-state index contributed by atoms with van der Waals surface area (Å²) < 4.78 is 85.5. The van der Waals surface area contributed by atoms with Crippen molar-refractivity contribution in [3.8, 4) is 5.75 Å². The fourth-order valence-electron chi connectivity index (χ4n) is 2.02. The molecule has 0 bridgehead atoms. The van der Waals surface area contributed by atoms with Crippen molar-refractivity contribution >= 4 is 14.9 Å². The van der Waals surface area contributed by atoms with Crippen LogP contribution < -0.4 is 10.1 Å². The summed E-state index contributed by atoms with van der Waals surface area (Å²) in [6.45, 7) is 0.0237. The number of ether oxygens (including phenoxy) is 1. The molecule has 1 aromatic rings. The van der Waals surface area contributed by atoms with Crippen LogP contribution in [0.5, 0.6) is 5.75 Å². The molecule has 0 saturated heterocycles. The molecule has 1 N–H and O–H groups in total. The van der Waals surface area contributed by atoms with Crippen LogP contribution in [0, 0.1) is 29.1 Å². The maximum Gasteiger partial charge on any atom is 0.500 e. The van der Waals surface area contributed by atoms with E-state index in [0.29, 0.717) is 18.9 Å². The largest absolute Gasteiger partial charge is 0.500 e. The average molecular weight is 403 g/mol. The van der Waals surface area contributed by atoms with Crippen molar-refractivity contribution < 1.29 is 44.8 Å². The van der Waals surface area contributed by atoms with Gasteiger partial charge in [-0.25, -0.2) is 18.0 Å². The van der Waals surface area contributed by atoms with Crippen LogP contribution in [0.3, 0.4) is 0 Å². The lowest BCUT2D eigenvalue weighted by atomic mass is 10.2. The lowest BCUT2D eigenvalue weighted by molar-refractivity contribution is 0.123. The highest BCUT2D eigenvalue weighted by molar-refractivity contribution is 6.60. The van der Waals surface area contributed by atoms with Gasteiger partial charge in [0, 0.05) is 33.9 Å². The van der Waals surface area contributed by atoms with Crippen LogP contribution in [0.1, 0.15) is 12.8 Å². The topological polar surface area (TPSA) is 66.0 Å². The van der Waals surface area contributed by atoms with Crippen LogP contribution in [-0.4, -0.2) is 42.8 Å². The molecule has 0 aliphatic carbocycles. The van der Waals surface area contributed by atoms with Gasteiger partial charge in [-0.2, -0.15) is 8.78 Å². The lowest BCUT2D eigenvalue weighted by Crippen LogP contribution is -2.42. The van der Waals surface area contributed by atoms with Crippen molar-refractivity contribution in [1.29, 1.82) is 0 Å². The summed E-state index contributed by atoms with van der Waals surface area (Å²) in [5.74, 6) is -12.9. The van der Waals surface area contributed by atoms with Crippen molar-refractivity contribution in [2.75, 3.05) is 27.9 Å². The number of carbonyl (C=O) groups is 1. The highest BCUT2D eigenvalue weighted by Crippen LogP contribution is 2.29. The Bertz CT molecular complexity index is 607. The van der Waals surface area contributed by atoms with Crippen molar-refractivity contribution in [3.63, 3.8) is 0 Å². The molecule has 0 radical (unpaired) electrons. The molecule has 0 unspecified atom stereocenters. The van der Waals surface area contributed by atoms with Gasteiger partial charge in [0.25, 0.3) is 0 Å². The fourth-order valence-corrected chi connectivity index (χ4v) is 3.81.